The van der Waals surface area contributed by atoms with Crippen LogP contribution in [-0.4, -0.2) is 48.8 Å². The molecule has 2 aliphatic rings. The Morgan fingerprint density at radius 2 is 2.08 bits per heavy atom. The van der Waals surface area contributed by atoms with Gasteiger partial charge in [-0.05, 0) is 57.4 Å². The van der Waals surface area contributed by atoms with Gasteiger partial charge in [0.2, 0.25) is 5.91 Å². The fourth-order valence-corrected chi connectivity index (χ4v) is 3.85. The van der Waals surface area contributed by atoms with Crippen LogP contribution in [0, 0.1) is 6.92 Å². The topological polar surface area (TPSA) is 50.8 Å². The summed E-state index contributed by atoms with van der Waals surface area (Å²) < 4.78 is 11.4. The van der Waals surface area contributed by atoms with Crippen LogP contribution in [0.4, 0.5) is 5.69 Å². The number of morpholine rings is 1. The molecule has 5 nitrogen and oxygen atoms in total. The highest BCUT2D eigenvalue weighted by Crippen LogP contribution is 2.27. The van der Waals surface area contributed by atoms with Crippen LogP contribution in [0.25, 0.3) is 0 Å². The average Bonchev–Trinajstić information content (AvgIpc) is 3.11. The number of amides is 1. The first-order valence-corrected chi connectivity index (χ1v) is 9.46. The summed E-state index contributed by atoms with van der Waals surface area (Å²) in [5.74, 6) is 0.894. The van der Waals surface area contributed by atoms with E-state index in [-0.39, 0.29) is 18.1 Å². The summed E-state index contributed by atoms with van der Waals surface area (Å²) in [6.45, 7) is 8.08. The molecule has 1 aromatic carbocycles. The van der Waals surface area contributed by atoms with Gasteiger partial charge in [-0.3, -0.25) is 9.69 Å². The Morgan fingerprint density at radius 1 is 1.32 bits per heavy atom. The summed E-state index contributed by atoms with van der Waals surface area (Å²) in [6.07, 6.45) is 5.08. The molecular weight excluding hydrogens is 316 g/mol. The average molecular weight is 346 g/mol. The molecule has 1 N–H and O–H groups in total. The molecule has 1 aliphatic carbocycles. The van der Waals surface area contributed by atoms with Gasteiger partial charge in [0.1, 0.15) is 11.8 Å². The van der Waals surface area contributed by atoms with Crippen molar-refractivity contribution in [3.8, 4) is 5.75 Å². The molecule has 1 heterocycles. The first-order chi connectivity index (χ1) is 12.0. The molecule has 1 unspecified atom stereocenters. The molecule has 0 spiro atoms. The van der Waals surface area contributed by atoms with Gasteiger partial charge in [0.15, 0.2) is 0 Å². The molecule has 1 aliphatic heterocycles. The molecule has 1 amide bonds. The summed E-state index contributed by atoms with van der Waals surface area (Å²) in [6, 6.07) is 6.15. The van der Waals surface area contributed by atoms with Gasteiger partial charge in [0.25, 0.3) is 0 Å². The van der Waals surface area contributed by atoms with Crippen LogP contribution < -0.4 is 10.1 Å². The normalized spacial score (nSPS) is 22.3. The van der Waals surface area contributed by atoms with E-state index in [1.165, 1.54) is 25.7 Å². The van der Waals surface area contributed by atoms with Gasteiger partial charge < -0.3 is 14.8 Å². The first kappa shape index (κ1) is 18.2. The number of carbonyl (C=O) groups is 1. The molecule has 0 aromatic heterocycles. The minimum Gasteiger partial charge on any atom is -0.491 e. The minimum atomic E-state index is -0.191. The van der Waals surface area contributed by atoms with Crippen molar-refractivity contribution in [2.45, 2.75) is 64.6 Å². The van der Waals surface area contributed by atoms with Gasteiger partial charge in [0.05, 0.1) is 19.3 Å². The number of anilines is 1. The van der Waals surface area contributed by atoms with Gasteiger partial charge in [-0.15, -0.1) is 0 Å². The number of hydrogen-bond donors (Lipinski definition) is 1. The molecule has 1 saturated carbocycles. The van der Waals surface area contributed by atoms with E-state index in [9.17, 15) is 4.79 Å². The van der Waals surface area contributed by atoms with E-state index >= 15 is 0 Å². The number of ether oxygens (including phenoxy) is 2. The van der Waals surface area contributed by atoms with E-state index in [0.29, 0.717) is 12.6 Å². The second kappa shape index (κ2) is 8.19. The van der Waals surface area contributed by atoms with E-state index in [4.69, 9.17) is 9.47 Å². The van der Waals surface area contributed by atoms with Crippen molar-refractivity contribution in [1.29, 1.82) is 0 Å². The van der Waals surface area contributed by atoms with Crippen LogP contribution in [-0.2, 0) is 9.53 Å². The quantitative estimate of drug-likeness (QED) is 0.888. The fraction of sp³-hybridized carbons (Fsp3) is 0.650. The van der Waals surface area contributed by atoms with Gasteiger partial charge in [0, 0.05) is 18.3 Å². The van der Waals surface area contributed by atoms with Crippen LogP contribution in [0.3, 0.4) is 0 Å². The number of aryl methyl sites for hydroxylation is 1. The maximum atomic E-state index is 12.8. The van der Waals surface area contributed by atoms with Crippen LogP contribution in [0.1, 0.15) is 45.1 Å². The summed E-state index contributed by atoms with van der Waals surface area (Å²) in [4.78, 5) is 15.2. The summed E-state index contributed by atoms with van der Waals surface area (Å²) in [7, 11) is 0. The van der Waals surface area contributed by atoms with Crippen molar-refractivity contribution >= 4 is 11.6 Å². The van der Waals surface area contributed by atoms with Crippen molar-refractivity contribution in [3.63, 3.8) is 0 Å². The monoisotopic (exact) mass is 346 g/mol. The highest BCUT2D eigenvalue weighted by Gasteiger charge is 2.35. The molecule has 3 rings (SSSR count). The molecule has 0 radical (unpaired) electrons. The van der Waals surface area contributed by atoms with E-state index in [0.717, 1.165) is 30.2 Å². The lowest BCUT2D eigenvalue weighted by Crippen LogP contribution is -2.55. The Hall–Kier alpha value is -1.59. The number of nitrogens with one attached hydrogen (secondary N) is 1. The summed E-state index contributed by atoms with van der Waals surface area (Å²) >= 11 is 0. The highest BCUT2D eigenvalue weighted by molar-refractivity contribution is 5.95. The first-order valence-electron chi connectivity index (χ1n) is 9.46. The Balaban J connectivity index is 1.66. The minimum absolute atomic E-state index is 0.0310. The number of hydrogen-bond acceptors (Lipinski definition) is 4. The van der Waals surface area contributed by atoms with Crippen LogP contribution in [0.2, 0.25) is 0 Å². The van der Waals surface area contributed by atoms with Crippen LogP contribution in [0.15, 0.2) is 18.2 Å². The lowest BCUT2D eigenvalue weighted by Gasteiger charge is -2.38. The van der Waals surface area contributed by atoms with Crippen molar-refractivity contribution in [2.24, 2.45) is 0 Å². The Morgan fingerprint density at radius 3 is 2.76 bits per heavy atom. The second-order valence-electron chi connectivity index (χ2n) is 7.40. The maximum absolute atomic E-state index is 12.8. The third kappa shape index (κ3) is 4.53. The standard InChI is InChI=1S/C20H30N2O3/c1-14(2)25-19-9-8-16(12-15(19)3)21-20(23)18-13-24-11-10-22(18)17-6-4-5-7-17/h8-9,12,14,17-18H,4-7,10-11,13H2,1-3H3,(H,21,23). The molecule has 2 fully saturated rings. The maximum Gasteiger partial charge on any atom is 0.244 e. The van der Waals surface area contributed by atoms with Crippen molar-refractivity contribution in [3.05, 3.63) is 23.8 Å². The highest BCUT2D eigenvalue weighted by atomic mass is 16.5. The van der Waals surface area contributed by atoms with Crippen molar-refractivity contribution in [1.82, 2.24) is 4.90 Å². The van der Waals surface area contributed by atoms with Crippen LogP contribution in [0.5, 0.6) is 5.75 Å². The Labute approximate surface area is 150 Å². The van der Waals surface area contributed by atoms with Crippen molar-refractivity contribution < 1.29 is 14.3 Å². The third-order valence-corrected chi connectivity index (χ3v) is 5.07. The predicted molar refractivity (Wildman–Crippen MR) is 99.1 cm³/mol. The molecule has 1 saturated heterocycles. The van der Waals surface area contributed by atoms with Crippen LogP contribution >= 0.6 is 0 Å². The largest absolute Gasteiger partial charge is 0.491 e. The SMILES string of the molecule is Cc1cc(NC(=O)C2COCCN2C2CCCC2)ccc1OC(C)C. The van der Waals surface area contributed by atoms with E-state index in [1.54, 1.807) is 0 Å². The molecule has 1 aromatic rings. The van der Waals surface area contributed by atoms with Gasteiger partial charge >= 0.3 is 0 Å². The molecular formula is C20H30N2O3. The van der Waals surface area contributed by atoms with E-state index in [2.05, 4.69) is 10.2 Å². The molecule has 0 bridgehead atoms. The Kier molecular flexibility index (Phi) is 5.97. The zero-order valence-electron chi connectivity index (χ0n) is 15.6. The lowest BCUT2D eigenvalue weighted by atomic mass is 10.1. The van der Waals surface area contributed by atoms with Gasteiger partial charge in [-0.25, -0.2) is 0 Å². The predicted octanol–water partition coefficient (Wildman–Crippen LogP) is 3.36. The Bertz CT molecular complexity index is 597. The number of carbonyl (C=O) groups excluding carboxylic acids is 1. The molecule has 25 heavy (non-hydrogen) atoms. The summed E-state index contributed by atoms with van der Waals surface area (Å²) in [5, 5.41) is 3.07. The number of rotatable bonds is 5. The lowest BCUT2D eigenvalue weighted by molar-refractivity contribution is -0.129. The fourth-order valence-electron chi connectivity index (χ4n) is 3.85. The smallest absolute Gasteiger partial charge is 0.244 e. The molecule has 5 heteroatoms. The molecule has 138 valence electrons. The zero-order chi connectivity index (χ0) is 17.8. The van der Waals surface area contributed by atoms with Crippen molar-refractivity contribution in [2.75, 3.05) is 25.1 Å². The summed E-state index contributed by atoms with van der Waals surface area (Å²) in [5.41, 5.74) is 1.84. The van der Waals surface area contributed by atoms with Gasteiger partial charge in [-0.1, -0.05) is 12.8 Å². The van der Waals surface area contributed by atoms with Gasteiger partial charge in [-0.2, -0.15) is 0 Å². The zero-order valence-corrected chi connectivity index (χ0v) is 15.6. The number of benzene rings is 1. The molecule has 1 atom stereocenters. The second-order valence-corrected chi connectivity index (χ2v) is 7.40. The number of nitrogens with zero attached hydrogens (tertiary/aromatic N) is 1. The third-order valence-electron chi connectivity index (χ3n) is 5.07. The van der Waals surface area contributed by atoms with E-state index < -0.39 is 0 Å². The van der Waals surface area contributed by atoms with E-state index in [1.807, 2.05) is 39.0 Å².